The van der Waals surface area contributed by atoms with Gasteiger partial charge in [-0.05, 0) is 31.0 Å². The third-order valence-electron chi connectivity index (χ3n) is 3.09. The van der Waals surface area contributed by atoms with Crippen LogP contribution in [0.3, 0.4) is 0 Å². The van der Waals surface area contributed by atoms with Gasteiger partial charge in [0.1, 0.15) is 17.5 Å². The quantitative estimate of drug-likeness (QED) is 0.626. The summed E-state index contributed by atoms with van der Waals surface area (Å²) in [4.78, 5) is 16.8. The highest BCUT2D eigenvalue weighted by Gasteiger charge is 2.34. The molecule has 2 N–H and O–H groups in total. The molecule has 110 valence electrons. The first-order chi connectivity index (χ1) is 9.52. The monoisotopic (exact) mass is 297 g/mol. The van der Waals surface area contributed by atoms with Crippen molar-refractivity contribution < 1.29 is 13.8 Å². The lowest BCUT2D eigenvalue weighted by atomic mass is 10.3. The van der Waals surface area contributed by atoms with E-state index < -0.39 is 11.0 Å². The number of hydrogen-bond donors (Lipinski definition) is 1. The van der Waals surface area contributed by atoms with Crippen LogP contribution in [0.1, 0.15) is 12.8 Å². The molecule has 6 nitrogen and oxygen atoms in total. The molecule has 0 heterocycles. The summed E-state index contributed by atoms with van der Waals surface area (Å²) < 4.78 is 14.0. The van der Waals surface area contributed by atoms with Crippen molar-refractivity contribution in [2.24, 2.45) is 0 Å². The lowest BCUT2D eigenvalue weighted by Crippen LogP contribution is -2.40. The van der Waals surface area contributed by atoms with Gasteiger partial charge < -0.3 is 5.73 Å². The zero-order chi connectivity index (χ0) is 14.7. The molecule has 1 fully saturated rings. The summed E-state index contributed by atoms with van der Waals surface area (Å²) in [7, 11) is 1.72. The number of nitrogens with zero attached hydrogens (tertiary/aromatic N) is 2. The minimum atomic E-state index is -1.22. The number of rotatable bonds is 6. The van der Waals surface area contributed by atoms with Gasteiger partial charge in [-0.2, -0.15) is 0 Å². The number of amides is 1. The highest BCUT2D eigenvalue weighted by Crippen LogP contribution is 2.31. The van der Waals surface area contributed by atoms with E-state index in [1.807, 2.05) is 0 Å². The molecular weight excluding hydrogens is 278 g/mol. The summed E-state index contributed by atoms with van der Waals surface area (Å²) in [5.41, 5.74) is 7.02. The first kappa shape index (κ1) is 14.8. The van der Waals surface area contributed by atoms with Crippen molar-refractivity contribution in [3.63, 3.8) is 0 Å². The predicted molar refractivity (Wildman–Crippen MR) is 79.1 cm³/mol. The van der Waals surface area contributed by atoms with Crippen LogP contribution in [0.4, 0.5) is 11.4 Å². The van der Waals surface area contributed by atoms with Crippen LogP contribution < -0.4 is 10.0 Å². The maximum Gasteiger partial charge on any atom is 0.266 e. The Morgan fingerprint density at radius 1 is 1.50 bits per heavy atom. The van der Waals surface area contributed by atoms with Crippen molar-refractivity contribution in [1.29, 1.82) is 0 Å². The molecular formula is C13H19N3O3S. The summed E-state index contributed by atoms with van der Waals surface area (Å²) in [6.07, 6.45) is 1.86. The number of carbonyl (C=O) groups excluding carboxylic acids is 1. The molecule has 0 bridgehead atoms. The van der Waals surface area contributed by atoms with E-state index in [4.69, 9.17) is 10.6 Å². The fraction of sp³-hybridized carbons (Fsp3) is 0.462. The van der Waals surface area contributed by atoms with Crippen molar-refractivity contribution in [3.8, 4) is 0 Å². The predicted octanol–water partition coefficient (Wildman–Crippen LogP) is 0.921. The molecule has 1 saturated carbocycles. The van der Waals surface area contributed by atoms with Crippen molar-refractivity contribution >= 4 is 28.3 Å². The van der Waals surface area contributed by atoms with Gasteiger partial charge in [0.05, 0.1) is 18.0 Å². The van der Waals surface area contributed by atoms with E-state index in [2.05, 4.69) is 0 Å². The Morgan fingerprint density at radius 2 is 2.20 bits per heavy atom. The number of carbonyl (C=O) groups is 1. The van der Waals surface area contributed by atoms with Gasteiger partial charge in [0.2, 0.25) is 0 Å². The average molecular weight is 297 g/mol. The second-order valence-electron chi connectivity index (χ2n) is 4.68. The minimum Gasteiger partial charge on any atom is -0.399 e. The molecule has 0 aliphatic heterocycles. The van der Waals surface area contributed by atoms with Gasteiger partial charge >= 0.3 is 0 Å². The molecule has 2 rings (SSSR count). The Kier molecular flexibility index (Phi) is 4.61. The zero-order valence-electron chi connectivity index (χ0n) is 11.6. The van der Waals surface area contributed by atoms with Crippen LogP contribution in [0.25, 0.3) is 0 Å². The molecule has 0 aromatic heterocycles. The summed E-state index contributed by atoms with van der Waals surface area (Å²) in [6, 6.07) is 7.06. The normalized spacial score (nSPS) is 15.7. The van der Waals surface area contributed by atoms with Gasteiger partial charge in [0.25, 0.3) is 5.91 Å². The first-order valence-corrected chi connectivity index (χ1v) is 7.54. The summed E-state index contributed by atoms with van der Waals surface area (Å²) in [5, 5.41) is 1.26. The topological polar surface area (TPSA) is 75.9 Å². The van der Waals surface area contributed by atoms with Gasteiger partial charge in [-0.3, -0.25) is 13.9 Å². The number of hydroxylamine groups is 2. The van der Waals surface area contributed by atoms with Crippen LogP contribution >= 0.6 is 0 Å². The molecule has 7 heteroatoms. The van der Waals surface area contributed by atoms with Crippen LogP contribution in [-0.4, -0.2) is 41.1 Å². The van der Waals surface area contributed by atoms with E-state index in [0.717, 1.165) is 17.9 Å². The molecule has 0 radical (unpaired) electrons. The van der Waals surface area contributed by atoms with Crippen LogP contribution in [0.15, 0.2) is 24.3 Å². The number of benzene rings is 1. The second-order valence-corrected chi connectivity index (χ2v) is 6.34. The standard InChI is InChI=1S/C13H19N3O3S/c1-15(19-2)13(17)9-16(20(18)12-6-7-12)11-5-3-4-10(14)8-11/h3-5,8,12H,6-7,9,14H2,1-2H3. The third-order valence-corrected chi connectivity index (χ3v) is 4.90. The zero-order valence-corrected chi connectivity index (χ0v) is 12.4. The molecule has 1 unspecified atom stereocenters. The van der Waals surface area contributed by atoms with Crippen LogP contribution in [0, 0.1) is 0 Å². The van der Waals surface area contributed by atoms with Crippen molar-refractivity contribution in [2.45, 2.75) is 18.1 Å². The molecule has 0 saturated heterocycles. The number of likely N-dealkylation sites (N-methyl/N-ethyl adjacent to an activating group) is 1. The summed E-state index contributed by atoms with van der Waals surface area (Å²) in [5.74, 6) is -0.260. The highest BCUT2D eigenvalue weighted by molar-refractivity contribution is 7.87. The summed E-state index contributed by atoms with van der Waals surface area (Å²) >= 11 is 0. The fourth-order valence-corrected chi connectivity index (χ4v) is 3.17. The molecule has 1 atom stereocenters. The summed E-state index contributed by atoms with van der Waals surface area (Å²) in [6.45, 7) is -0.00307. The van der Waals surface area contributed by atoms with Gasteiger partial charge in [0.15, 0.2) is 0 Å². The van der Waals surface area contributed by atoms with Crippen molar-refractivity contribution in [1.82, 2.24) is 5.06 Å². The lowest BCUT2D eigenvalue weighted by molar-refractivity contribution is -0.166. The highest BCUT2D eigenvalue weighted by atomic mass is 32.2. The molecule has 1 aliphatic rings. The molecule has 1 aromatic carbocycles. The van der Waals surface area contributed by atoms with Gasteiger partial charge in [-0.15, -0.1) is 0 Å². The van der Waals surface area contributed by atoms with E-state index in [1.165, 1.54) is 14.2 Å². The second kappa shape index (κ2) is 6.23. The molecule has 1 aromatic rings. The van der Waals surface area contributed by atoms with E-state index in [9.17, 15) is 9.00 Å². The smallest absolute Gasteiger partial charge is 0.266 e. The van der Waals surface area contributed by atoms with Crippen LogP contribution in [0.5, 0.6) is 0 Å². The Bertz CT molecular complexity index is 519. The molecule has 1 aliphatic carbocycles. The average Bonchev–Trinajstić information content (AvgIpc) is 3.27. The van der Waals surface area contributed by atoms with Crippen molar-refractivity contribution in [2.75, 3.05) is 30.7 Å². The molecule has 0 spiro atoms. The number of nitrogens with two attached hydrogens (primary N) is 1. The first-order valence-electron chi connectivity index (χ1n) is 6.37. The molecule has 20 heavy (non-hydrogen) atoms. The van der Waals surface area contributed by atoms with E-state index >= 15 is 0 Å². The van der Waals surface area contributed by atoms with Crippen LogP contribution in [-0.2, 0) is 20.6 Å². The van der Waals surface area contributed by atoms with E-state index in [-0.39, 0.29) is 17.7 Å². The number of hydrogen-bond acceptors (Lipinski definition) is 4. The van der Waals surface area contributed by atoms with Crippen molar-refractivity contribution in [3.05, 3.63) is 24.3 Å². The SMILES string of the molecule is CON(C)C(=O)CN(c1cccc(N)c1)S(=O)C1CC1. The minimum absolute atomic E-state index is 0.00307. The number of anilines is 2. The number of nitrogen functional groups attached to an aromatic ring is 1. The Labute approximate surface area is 121 Å². The maximum absolute atomic E-state index is 12.4. The van der Waals surface area contributed by atoms with Gasteiger partial charge in [-0.1, -0.05) is 6.07 Å². The third kappa shape index (κ3) is 3.49. The lowest BCUT2D eigenvalue weighted by Gasteiger charge is -2.25. The van der Waals surface area contributed by atoms with E-state index in [1.54, 1.807) is 28.6 Å². The molecule has 1 amide bonds. The van der Waals surface area contributed by atoms with E-state index in [0.29, 0.717) is 11.4 Å². The maximum atomic E-state index is 12.4. The Balaban J connectivity index is 2.20. The largest absolute Gasteiger partial charge is 0.399 e. The Hall–Kier alpha value is -1.60. The Morgan fingerprint density at radius 3 is 2.75 bits per heavy atom. The fourth-order valence-electron chi connectivity index (χ4n) is 1.71. The van der Waals surface area contributed by atoms with Gasteiger partial charge in [0, 0.05) is 12.7 Å². The van der Waals surface area contributed by atoms with Crippen LogP contribution in [0.2, 0.25) is 0 Å². The van der Waals surface area contributed by atoms with Gasteiger partial charge in [-0.25, -0.2) is 9.27 Å².